The van der Waals surface area contributed by atoms with Crippen LogP contribution < -0.4 is 5.73 Å². The summed E-state index contributed by atoms with van der Waals surface area (Å²) in [6, 6.07) is 5.47. The van der Waals surface area contributed by atoms with Crippen LogP contribution in [-0.2, 0) is 11.3 Å². The van der Waals surface area contributed by atoms with Gasteiger partial charge in [0, 0.05) is 30.6 Å². The molecule has 9 nitrogen and oxygen atoms in total. The number of benzene rings is 1. The van der Waals surface area contributed by atoms with Gasteiger partial charge >= 0.3 is 0 Å². The molecule has 0 saturated heterocycles. The van der Waals surface area contributed by atoms with Crippen LogP contribution in [0.15, 0.2) is 42.9 Å². The number of nitrogens with two attached hydrogens (primary N) is 1. The summed E-state index contributed by atoms with van der Waals surface area (Å²) in [7, 11) is 1.62. The van der Waals surface area contributed by atoms with Gasteiger partial charge < -0.3 is 10.5 Å². The van der Waals surface area contributed by atoms with E-state index in [2.05, 4.69) is 25.6 Å². The second-order valence-corrected chi connectivity index (χ2v) is 6.13. The number of aromatic nitrogens is 7. The van der Waals surface area contributed by atoms with Crippen molar-refractivity contribution in [2.24, 2.45) is 0 Å². The second kappa shape index (κ2) is 7.72. The van der Waals surface area contributed by atoms with Gasteiger partial charge in [-0.3, -0.25) is 4.68 Å². The molecule has 0 amide bonds. The summed E-state index contributed by atoms with van der Waals surface area (Å²) in [5.41, 5.74) is 7.77. The third-order valence-corrected chi connectivity index (χ3v) is 4.28. The highest BCUT2D eigenvalue weighted by molar-refractivity contribution is 5.76. The molecule has 0 aliphatic rings. The topological polar surface area (TPSA) is 110 Å². The highest BCUT2D eigenvalue weighted by Crippen LogP contribution is 2.29. The molecule has 2 N–H and O–H groups in total. The zero-order valence-electron chi connectivity index (χ0n) is 15.3. The van der Waals surface area contributed by atoms with Gasteiger partial charge in [0.05, 0.1) is 24.9 Å². The lowest BCUT2D eigenvalue weighted by Gasteiger charge is -2.09. The molecule has 0 fully saturated rings. The minimum Gasteiger partial charge on any atom is -0.383 e. The first kappa shape index (κ1) is 18.6. The number of halogens is 2. The fraction of sp³-hybridized carbons (Fsp3) is 0.167. The van der Waals surface area contributed by atoms with Gasteiger partial charge in [-0.1, -0.05) is 6.07 Å². The van der Waals surface area contributed by atoms with Crippen molar-refractivity contribution < 1.29 is 13.5 Å². The number of nitrogen functional groups attached to an aromatic ring is 1. The Morgan fingerprint density at radius 3 is 2.86 bits per heavy atom. The lowest BCUT2D eigenvalue weighted by Crippen LogP contribution is -2.06. The lowest BCUT2D eigenvalue weighted by molar-refractivity contribution is 0.183. The maximum atomic E-state index is 14.3. The van der Waals surface area contributed by atoms with Gasteiger partial charge in [0.1, 0.15) is 11.5 Å². The summed E-state index contributed by atoms with van der Waals surface area (Å²) in [4.78, 5) is 4.20. The number of ether oxygens (including phenoxy) is 1. The summed E-state index contributed by atoms with van der Waals surface area (Å²) in [5.74, 6) is -1.79. The summed E-state index contributed by atoms with van der Waals surface area (Å²) in [6.07, 6.45) is 5.11. The van der Waals surface area contributed by atoms with Crippen LogP contribution in [0, 0.1) is 11.6 Å². The standard InChI is InChI=1S/C18H16F2N8O/c1-29-6-5-27-10-12(9-23-27)11-7-13(17(21)22-8-11)18-24-25-26-28(18)15-4-2-3-14(19)16(15)20/h2-4,7-10H,5-6H2,1H3,(H2,21,22). The molecule has 4 rings (SSSR count). The SMILES string of the molecule is COCCn1cc(-c2cnc(N)c(-c3nnnn3-c3cccc(F)c3F)c2)cn1. The van der Waals surface area contributed by atoms with Crippen LogP contribution in [0.1, 0.15) is 0 Å². The highest BCUT2D eigenvalue weighted by Gasteiger charge is 2.19. The Morgan fingerprint density at radius 1 is 1.17 bits per heavy atom. The third-order valence-electron chi connectivity index (χ3n) is 4.28. The van der Waals surface area contributed by atoms with Gasteiger partial charge in [0.2, 0.25) is 0 Å². The van der Waals surface area contributed by atoms with Crippen molar-refractivity contribution in [2.45, 2.75) is 6.54 Å². The monoisotopic (exact) mass is 398 g/mol. The summed E-state index contributed by atoms with van der Waals surface area (Å²) >= 11 is 0. The number of methoxy groups -OCH3 is 1. The van der Waals surface area contributed by atoms with E-state index in [9.17, 15) is 8.78 Å². The second-order valence-electron chi connectivity index (χ2n) is 6.13. The number of nitrogens with zero attached hydrogens (tertiary/aromatic N) is 7. The van der Waals surface area contributed by atoms with Gasteiger partial charge in [0.25, 0.3) is 0 Å². The molecule has 0 saturated carbocycles. The average molecular weight is 398 g/mol. The molecule has 148 valence electrons. The van der Waals surface area contributed by atoms with Crippen LogP contribution in [0.5, 0.6) is 0 Å². The van der Waals surface area contributed by atoms with Gasteiger partial charge in [-0.15, -0.1) is 5.10 Å². The molecule has 0 bridgehead atoms. The van der Waals surface area contributed by atoms with Crippen molar-refractivity contribution >= 4 is 5.82 Å². The normalized spacial score (nSPS) is 11.1. The Balaban J connectivity index is 1.76. The van der Waals surface area contributed by atoms with Crippen LogP contribution in [0.2, 0.25) is 0 Å². The predicted octanol–water partition coefficient (Wildman–Crippen LogP) is 2.09. The van der Waals surface area contributed by atoms with Gasteiger partial charge in [-0.25, -0.2) is 13.8 Å². The van der Waals surface area contributed by atoms with Crippen LogP contribution in [0.25, 0.3) is 28.2 Å². The smallest absolute Gasteiger partial charge is 0.190 e. The number of hydrogen-bond acceptors (Lipinski definition) is 7. The number of hydrogen-bond donors (Lipinski definition) is 1. The first-order valence-electron chi connectivity index (χ1n) is 8.59. The van der Waals surface area contributed by atoms with Crippen LogP contribution in [0.3, 0.4) is 0 Å². The molecule has 0 radical (unpaired) electrons. The maximum Gasteiger partial charge on any atom is 0.190 e. The Morgan fingerprint density at radius 2 is 2.03 bits per heavy atom. The quantitative estimate of drug-likeness (QED) is 0.530. The molecule has 11 heteroatoms. The lowest BCUT2D eigenvalue weighted by atomic mass is 10.1. The number of anilines is 1. The zero-order valence-corrected chi connectivity index (χ0v) is 15.3. The van der Waals surface area contributed by atoms with E-state index in [1.54, 1.807) is 30.3 Å². The predicted molar refractivity (Wildman–Crippen MR) is 99.8 cm³/mol. The molecule has 3 aromatic heterocycles. The molecule has 0 atom stereocenters. The van der Waals surface area contributed by atoms with Gasteiger partial charge in [-0.05, 0) is 28.6 Å². The molecule has 1 aromatic carbocycles. The third kappa shape index (κ3) is 3.55. The average Bonchev–Trinajstić information content (AvgIpc) is 3.39. The van der Waals surface area contributed by atoms with Crippen molar-refractivity contribution in [3.05, 3.63) is 54.5 Å². The molecular formula is C18H16F2N8O. The number of pyridine rings is 1. The summed E-state index contributed by atoms with van der Waals surface area (Å²) in [5, 5.41) is 15.6. The Bertz CT molecular complexity index is 1160. The van der Waals surface area contributed by atoms with Gasteiger partial charge in [0.15, 0.2) is 17.5 Å². The van der Waals surface area contributed by atoms with E-state index in [0.717, 1.165) is 16.3 Å². The summed E-state index contributed by atoms with van der Waals surface area (Å²) < 4.78 is 35.8. The Labute approximate surface area is 163 Å². The van der Waals surface area contributed by atoms with Crippen LogP contribution >= 0.6 is 0 Å². The molecule has 4 aromatic rings. The molecule has 29 heavy (non-hydrogen) atoms. The molecule has 0 aliphatic heterocycles. The first-order valence-corrected chi connectivity index (χ1v) is 8.59. The van der Waals surface area contributed by atoms with E-state index < -0.39 is 11.6 Å². The van der Waals surface area contributed by atoms with Crippen molar-refractivity contribution in [1.82, 2.24) is 35.0 Å². The zero-order chi connectivity index (χ0) is 20.4. The van der Waals surface area contributed by atoms with E-state index in [1.807, 2.05) is 6.20 Å². The Hall–Kier alpha value is -3.73. The maximum absolute atomic E-state index is 14.3. The number of tetrazole rings is 1. The fourth-order valence-electron chi connectivity index (χ4n) is 2.81. The van der Waals surface area contributed by atoms with Crippen molar-refractivity contribution in [3.63, 3.8) is 0 Å². The molecule has 3 heterocycles. The number of rotatable bonds is 6. The first-order chi connectivity index (χ1) is 14.1. The van der Waals surface area contributed by atoms with E-state index in [4.69, 9.17) is 10.5 Å². The minimum atomic E-state index is -1.07. The van der Waals surface area contributed by atoms with Crippen molar-refractivity contribution in [3.8, 4) is 28.2 Å². The van der Waals surface area contributed by atoms with E-state index in [0.29, 0.717) is 24.3 Å². The Kier molecular flexibility index (Phi) is 4.96. The van der Waals surface area contributed by atoms with E-state index in [1.165, 1.54) is 12.1 Å². The fourth-order valence-corrected chi connectivity index (χ4v) is 2.81. The minimum absolute atomic E-state index is 0.133. The van der Waals surface area contributed by atoms with Crippen molar-refractivity contribution in [1.29, 1.82) is 0 Å². The highest BCUT2D eigenvalue weighted by atomic mass is 19.2. The van der Waals surface area contributed by atoms with Crippen molar-refractivity contribution in [2.75, 3.05) is 19.5 Å². The van der Waals surface area contributed by atoms with Gasteiger partial charge in [-0.2, -0.15) is 9.78 Å². The summed E-state index contributed by atoms with van der Waals surface area (Å²) in [6.45, 7) is 1.13. The largest absolute Gasteiger partial charge is 0.383 e. The molecular weight excluding hydrogens is 382 g/mol. The molecule has 0 aliphatic carbocycles. The van der Waals surface area contributed by atoms with E-state index in [-0.39, 0.29) is 17.3 Å². The molecule has 0 unspecified atom stereocenters. The van der Waals surface area contributed by atoms with Crippen LogP contribution in [-0.4, -0.2) is 48.7 Å². The van der Waals surface area contributed by atoms with Crippen LogP contribution in [0.4, 0.5) is 14.6 Å². The molecule has 0 spiro atoms. The van der Waals surface area contributed by atoms with E-state index >= 15 is 0 Å².